The fourth-order valence-corrected chi connectivity index (χ4v) is 3.27. The van der Waals surface area contributed by atoms with E-state index in [-0.39, 0.29) is 5.91 Å². The van der Waals surface area contributed by atoms with Crippen molar-refractivity contribution in [1.29, 1.82) is 0 Å². The molecule has 0 radical (unpaired) electrons. The number of halogens is 1. The lowest BCUT2D eigenvalue weighted by molar-refractivity contribution is -0.140. The summed E-state index contributed by atoms with van der Waals surface area (Å²) in [6, 6.07) is 8.46. The van der Waals surface area contributed by atoms with Gasteiger partial charge in [-0.05, 0) is 30.7 Å². The zero-order valence-electron chi connectivity index (χ0n) is 14.5. The normalized spacial score (nSPS) is 16.5. The Morgan fingerprint density at radius 3 is 2.62 bits per heavy atom. The van der Waals surface area contributed by atoms with Crippen molar-refractivity contribution in [3.63, 3.8) is 0 Å². The first-order valence-electron chi connectivity index (χ1n) is 8.48. The molecule has 2 aromatic rings. The van der Waals surface area contributed by atoms with E-state index in [1.165, 1.54) is 17.8 Å². The van der Waals surface area contributed by atoms with Gasteiger partial charge in [-0.25, -0.2) is 9.48 Å². The molecule has 1 saturated heterocycles. The van der Waals surface area contributed by atoms with Crippen LogP contribution in [0.15, 0.2) is 36.5 Å². The standard InChI is InChI=1S/C18H21ClN4O3/c1-13(18(25)26)23-16(5-6-20-23)17(24)22-9-7-21(8-10-22)12-14-3-2-4-15(19)11-14/h2-6,11,13H,7-10,12H2,1H3,(H,25,26). The molecule has 1 unspecified atom stereocenters. The summed E-state index contributed by atoms with van der Waals surface area (Å²) in [7, 11) is 0. The lowest BCUT2D eigenvalue weighted by atomic mass is 10.2. The number of piperazine rings is 1. The number of carbonyl (C=O) groups excluding carboxylic acids is 1. The van der Waals surface area contributed by atoms with E-state index in [1.54, 1.807) is 11.0 Å². The van der Waals surface area contributed by atoms with Crippen LogP contribution >= 0.6 is 11.6 Å². The van der Waals surface area contributed by atoms with Gasteiger partial charge in [0.15, 0.2) is 0 Å². The van der Waals surface area contributed by atoms with Gasteiger partial charge >= 0.3 is 5.97 Å². The SMILES string of the molecule is CC(C(=O)O)n1nccc1C(=O)N1CCN(Cc2cccc(Cl)c2)CC1. The molecule has 1 N–H and O–H groups in total. The second-order valence-electron chi connectivity index (χ2n) is 6.37. The van der Waals surface area contributed by atoms with Crippen molar-refractivity contribution in [3.8, 4) is 0 Å². The monoisotopic (exact) mass is 376 g/mol. The van der Waals surface area contributed by atoms with E-state index in [0.717, 1.165) is 30.2 Å². The first-order valence-corrected chi connectivity index (χ1v) is 8.86. The van der Waals surface area contributed by atoms with Crippen LogP contribution in [0.3, 0.4) is 0 Å². The summed E-state index contributed by atoms with van der Waals surface area (Å²) in [5.41, 5.74) is 1.45. The van der Waals surface area contributed by atoms with Gasteiger partial charge in [0.1, 0.15) is 11.7 Å². The Bertz CT molecular complexity index is 799. The van der Waals surface area contributed by atoms with Gasteiger partial charge in [0.05, 0.1) is 0 Å². The summed E-state index contributed by atoms with van der Waals surface area (Å²) < 4.78 is 1.27. The Morgan fingerprint density at radius 2 is 1.96 bits per heavy atom. The first kappa shape index (κ1) is 18.4. The molecule has 1 aromatic carbocycles. The quantitative estimate of drug-likeness (QED) is 0.864. The van der Waals surface area contributed by atoms with Gasteiger partial charge in [0, 0.05) is 43.9 Å². The van der Waals surface area contributed by atoms with Crippen LogP contribution in [-0.4, -0.2) is 62.7 Å². The van der Waals surface area contributed by atoms with Crippen molar-refractivity contribution in [2.75, 3.05) is 26.2 Å². The van der Waals surface area contributed by atoms with Gasteiger partial charge < -0.3 is 10.0 Å². The van der Waals surface area contributed by atoms with E-state index in [2.05, 4.69) is 10.00 Å². The second-order valence-corrected chi connectivity index (χ2v) is 6.81. The smallest absolute Gasteiger partial charge is 0.328 e. The number of carboxylic acid groups (broad SMARTS) is 1. The number of nitrogens with zero attached hydrogens (tertiary/aromatic N) is 4. The third-order valence-electron chi connectivity index (χ3n) is 4.57. The number of carboxylic acids is 1. The predicted octanol–water partition coefficient (Wildman–Crippen LogP) is 2.14. The van der Waals surface area contributed by atoms with E-state index >= 15 is 0 Å². The third-order valence-corrected chi connectivity index (χ3v) is 4.80. The first-order chi connectivity index (χ1) is 12.5. The molecule has 1 aromatic heterocycles. The number of aliphatic carboxylic acids is 1. The van der Waals surface area contributed by atoms with Crippen molar-refractivity contribution in [1.82, 2.24) is 19.6 Å². The molecule has 138 valence electrons. The zero-order chi connectivity index (χ0) is 18.7. The zero-order valence-corrected chi connectivity index (χ0v) is 15.3. The number of aromatic nitrogens is 2. The van der Waals surface area contributed by atoms with E-state index in [4.69, 9.17) is 16.7 Å². The van der Waals surface area contributed by atoms with Crippen LogP contribution in [0.2, 0.25) is 5.02 Å². The Labute approximate surface area is 156 Å². The molecule has 1 atom stereocenters. The molecule has 7 nitrogen and oxygen atoms in total. The molecule has 0 saturated carbocycles. The van der Waals surface area contributed by atoms with E-state index < -0.39 is 12.0 Å². The highest BCUT2D eigenvalue weighted by Gasteiger charge is 2.27. The topological polar surface area (TPSA) is 78.7 Å². The van der Waals surface area contributed by atoms with Crippen molar-refractivity contribution in [3.05, 3.63) is 52.8 Å². The molecule has 0 bridgehead atoms. The summed E-state index contributed by atoms with van der Waals surface area (Å²) in [6.07, 6.45) is 1.46. The lowest BCUT2D eigenvalue weighted by Crippen LogP contribution is -2.48. The number of benzene rings is 1. The molecular formula is C18H21ClN4O3. The van der Waals surface area contributed by atoms with Crippen LogP contribution < -0.4 is 0 Å². The Balaban J connectivity index is 1.61. The molecule has 2 heterocycles. The fourth-order valence-electron chi connectivity index (χ4n) is 3.06. The molecule has 26 heavy (non-hydrogen) atoms. The Kier molecular flexibility index (Phi) is 5.58. The van der Waals surface area contributed by atoms with Crippen molar-refractivity contribution >= 4 is 23.5 Å². The minimum absolute atomic E-state index is 0.182. The summed E-state index contributed by atoms with van der Waals surface area (Å²) in [5.74, 6) is -1.20. The highest BCUT2D eigenvalue weighted by atomic mass is 35.5. The van der Waals surface area contributed by atoms with Crippen LogP contribution in [0.4, 0.5) is 0 Å². The number of hydrogen-bond acceptors (Lipinski definition) is 4. The van der Waals surface area contributed by atoms with Gasteiger partial charge in [0.25, 0.3) is 5.91 Å². The molecule has 1 amide bonds. The largest absolute Gasteiger partial charge is 0.480 e. The second kappa shape index (κ2) is 7.88. The molecular weight excluding hydrogens is 356 g/mol. The minimum Gasteiger partial charge on any atom is -0.480 e. The molecule has 8 heteroatoms. The fraction of sp³-hybridized carbons (Fsp3) is 0.389. The Hall–Kier alpha value is -2.38. The van der Waals surface area contributed by atoms with Crippen LogP contribution in [0.5, 0.6) is 0 Å². The average Bonchev–Trinajstić information content (AvgIpc) is 3.10. The van der Waals surface area contributed by atoms with Gasteiger partial charge in [-0.15, -0.1) is 0 Å². The summed E-state index contributed by atoms with van der Waals surface area (Å²) >= 11 is 6.03. The third kappa shape index (κ3) is 4.05. The van der Waals surface area contributed by atoms with Gasteiger partial charge in [-0.1, -0.05) is 23.7 Å². The number of amides is 1. The Morgan fingerprint density at radius 1 is 1.23 bits per heavy atom. The number of rotatable bonds is 5. The number of carbonyl (C=O) groups is 2. The summed E-state index contributed by atoms with van der Waals surface area (Å²) in [4.78, 5) is 28.0. The molecule has 0 spiro atoms. The van der Waals surface area contributed by atoms with Crippen molar-refractivity contribution < 1.29 is 14.7 Å². The maximum atomic E-state index is 12.8. The maximum Gasteiger partial charge on any atom is 0.328 e. The molecule has 3 rings (SSSR count). The molecule has 1 aliphatic heterocycles. The van der Waals surface area contributed by atoms with Crippen molar-refractivity contribution in [2.45, 2.75) is 19.5 Å². The van der Waals surface area contributed by atoms with Crippen LogP contribution in [0, 0.1) is 0 Å². The van der Waals surface area contributed by atoms with Crippen LogP contribution in [0.1, 0.15) is 29.0 Å². The van der Waals surface area contributed by atoms with Gasteiger partial charge in [-0.2, -0.15) is 5.10 Å². The van der Waals surface area contributed by atoms with E-state index in [9.17, 15) is 9.59 Å². The van der Waals surface area contributed by atoms with Gasteiger partial charge in [-0.3, -0.25) is 9.69 Å². The van der Waals surface area contributed by atoms with E-state index in [0.29, 0.717) is 18.8 Å². The molecule has 1 fully saturated rings. The number of hydrogen-bond donors (Lipinski definition) is 1. The van der Waals surface area contributed by atoms with E-state index in [1.807, 2.05) is 24.3 Å². The summed E-state index contributed by atoms with van der Waals surface area (Å²) in [6.45, 7) is 4.98. The molecule has 1 aliphatic rings. The predicted molar refractivity (Wildman–Crippen MR) is 97.2 cm³/mol. The highest BCUT2D eigenvalue weighted by molar-refractivity contribution is 6.30. The van der Waals surface area contributed by atoms with Crippen molar-refractivity contribution in [2.24, 2.45) is 0 Å². The molecule has 0 aliphatic carbocycles. The highest BCUT2D eigenvalue weighted by Crippen LogP contribution is 2.16. The van der Waals surface area contributed by atoms with Crippen LogP contribution in [-0.2, 0) is 11.3 Å². The average molecular weight is 377 g/mol. The van der Waals surface area contributed by atoms with Gasteiger partial charge in [0.2, 0.25) is 0 Å². The summed E-state index contributed by atoms with van der Waals surface area (Å²) in [5, 5.41) is 13.9. The maximum absolute atomic E-state index is 12.8. The van der Waals surface area contributed by atoms with Crippen LogP contribution in [0.25, 0.3) is 0 Å². The minimum atomic E-state index is -1.02. The lowest BCUT2D eigenvalue weighted by Gasteiger charge is -2.34.